The van der Waals surface area contributed by atoms with Crippen LogP contribution < -0.4 is 20.9 Å². The van der Waals surface area contributed by atoms with Crippen molar-refractivity contribution in [2.24, 2.45) is 0 Å². The number of ether oxygens (including phenoxy) is 2. The van der Waals surface area contributed by atoms with Crippen LogP contribution in [0.2, 0.25) is 0 Å². The first kappa shape index (κ1) is 21.2. The van der Waals surface area contributed by atoms with Crippen molar-refractivity contribution in [1.82, 2.24) is 0 Å². The fourth-order valence-corrected chi connectivity index (χ4v) is 2.50. The van der Waals surface area contributed by atoms with Crippen molar-refractivity contribution in [2.75, 3.05) is 11.5 Å². The minimum Gasteiger partial charge on any atom is -0.457 e. The van der Waals surface area contributed by atoms with E-state index in [9.17, 15) is 26.3 Å². The van der Waals surface area contributed by atoms with Gasteiger partial charge in [-0.25, -0.2) is 0 Å². The van der Waals surface area contributed by atoms with E-state index >= 15 is 0 Å². The summed E-state index contributed by atoms with van der Waals surface area (Å²) in [7, 11) is 0. The molecule has 0 aliphatic rings. The predicted octanol–water partition coefficient (Wildman–Crippen LogP) is 6.47. The average molecular weight is 428 g/mol. The third-order valence-electron chi connectivity index (χ3n) is 3.91. The highest BCUT2D eigenvalue weighted by molar-refractivity contribution is 5.53. The minimum atomic E-state index is -5.01. The van der Waals surface area contributed by atoms with Crippen LogP contribution in [0.3, 0.4) is 0 Å². The zero-order valence-electron chi connectivity index (χ0n) is 15.0. The zero-order valence-corrected chi connectivity index (χ0v) is 15.0. The van der Waals surface area contributed by atoms with E-state index in [1.807, 2.05) is 0 Å². The lowest BCUT2D eigenvalue weighted by atomic mass is 10.1. The second kappa shape index (κ2) is 7.69. The molecule has 0 saturated carbocycles. The number of rotatable bonds is 4. The fourth-order valence-electron chi connectivity index (χ4n) is 2.50. The van der Waals surface area contributed by atoms with E-state index in [-0.39, 0.29) is 23.6 Å². The van der Waals surface area contributed by atoms with E-state index in [1.165, 1.54) is 48.5 Å². The maximum atomic E-state index is 13.6. The molecule has 0 aromatic heterocycles. The van der Waals surface area contributed by atoms with Crippen molar-refractivity contribution < 1.29 is 35.8 Å². The fraction of sp³-hybridized carbons (Fsp3) is 0.100. The molecule has 4 N–H and O–H groups in total. The molecule has 3 aromatic carbocycles. The summed E-state index contributed by atoms with van der Waals surface area (Å²) in [5.74, 6) is -2.28. The Bertz CT molecular complexity index is 944. The molecule has 0 unspecified atom stereocenters. The number of halogens is 6. The van der Waals surface area contributed by atoms with E-state index in [1.54, 1.807) is 0 Å². The number of nitrogen functional groups attached to an aromatic ring is 2. The lowest BCUT2D eigenvalue weighted by molar-refractivity contribution is -0.143. The Morgan fingerprint density at radius 2 is 0.833 bits per heavy atom. The van der Waals surface area contributed by atoms with Gasteiger partial charge in [-0.3, -0.25) is 0 Å². The Kier molecular flexibility index (Phi) is 5.43. The normalized spacial score (nSPS) is 11.9. The molecule has 0 spiro atoms. The molecule has 10 heteroatoms. The Balaban J connectivity index is 2.12. The van der Waals surface area contributed by atoms with Gasteiger partial charge in [0.2, 0.25) is 0 Å². The molecular formula is C20H14F6N2O2. The van der Waals surface area contributed by atoms with Crippen LogP contribution in [-0.2, 0) is 12.4 Å². The van der Waals surface area contributed by atoms with Crippen molar-refractivity contribution in [3.8, 4) is 23.0 Å². The topological polar surface area (TPSA) is 70.5 Å². The van der Waals surface area contributed by atoms with Gasteiger partial charge in [0, 0.05) is 11.4 Å². The number of nitrogens with two attached hydrogens (primary N) is 2. The molecule has 4 nitrogen and oxygen atoms in total. The van der Waals surface area contributed by atoms with Crippen molar-refractivity contribution in [3.05, 3.63) is 71.8 Å². The van der Waals surface area contributed by atoms with Gasteiger partial charge in [0.1, 0.15) is 34.1 Å². The van der Waals surface area contributed by atoms with Crippen LogP contribution >= 0.6 is 0 Å². The highest BCUT2D eigenvalue weighted by Gasteiger charge is 2.41. The van der Waals surface area contributed by atoms with Gasteiger partial charge >= 0.3 is 12.4 Å². The molecule has 30 heavy (non-hydrogen) atoms. The molecule has 3 rings (SSSR count). The largest absolute Gasteiger partial charge is 0.457 e. The second-order valence-electron chi connectivity index (χ2n) is 6.18. The van der Waals surface area contributed by atoms with Crippen LogP contribution in [0.5, 0.6) is 23.0 Å². The molecule has 0 atom stereocenters. The van der Waals surface area contributed by atoms with Gasteiger partial charge in [-0.1, -0.05) is 0 Å². The van der Waals surface area contributed by atoms with Crippen molar-refractivity contribution in [2.45, 2.75) is 12.4 Å². The molecule has 0 amide bonds. The van der Waals surface area contributed by atoms with Crippen LogP contribution in [0.1, 0.15) is 11.1 Å². The summed E-state index contributed by atoms with van der Waals surface area (Å²) in [5.41, 5.74) is 8.74. The van der Waals surface area contributed by atoms with E-state index in [0.717, 1.165) is 0 Å². The third-order valence-corrected chi connectivity index (χ3v) is 3.91. The van der Waals surface area contributed by atoms with Crippen LogP contribution in [0, 0.1) is 0 Å². The first-order valence-electron chi connectivity index (χ1n) is 8.33. The van der Waals surface area contributed by atoms with Crippen molar-refractivity contribution >= 4 is 11.4 Å². The SMILES string of the molecule is Nc1ccc(Oc2cc(C(F)(F)F)c(Oc3ccc(N)cc3)cc2C(F)(F)F)cc1. The molecule has 0 aliphatic carbocycles. The lowest BCUT2D eigenvalue weighted by Crippen LogP contribution is -2.13. The van der Waals surface area contributed by atoms with Gasteiger partial charge in [-0.05, 0) is 60.7 Å². The molecule has 0 radical (unpaired) electrons. The Morgan fingerprint density at radius 1 is 0.533 bits per heavy atom. The Labute approximate surface area is 166 Å². The quantitative estimate of drug-likeness (QED) is 0.369. The number of hydrogen-bond acceptors (Lipinski definition) is 4. The molecule has 0 aliphatic heterocycles. The second-order valence-corrected chi connectivity index (χ2v) is 6.18. The summed E-state index contributed by atoms with van der Waals surface area (Å²) in [6.45, 7) is 0. The van der Waals surface area contributed by atoms with E-state index in [4.69, 9.17) is 20.9 Å². The van der Waals surface area contributed by atoms with Gasteiger partial charge < -0.3 is 20.9 Å². The van der Waals surface area contributed by atoms with Gasteiger partial charge in [0.25, 0.3) is 0 Å². The summed E-state index contributed by atoms with van der Waals surface area (Å²) in [6.07, 6.45) is -10.0. The van der Waals surface area contributed by atoms with Gasteiger partial charge in [0.15, 0.2) is 0 Å². The smallest absolute Gasteiger partial charge is 0.420 e. The molecule has 0 heterocycles. The van der Waals surface area contributed by atoms with E-state index in [0.29, 0.717) is 11.4 Å². The summed E-state index contributed by atoms with van der Waals surface area (Å²) >= 11 is 0. The van der Waals surface area contributed by atoms with E-state index in [2.05, 4.69) is 0 Å². The van der Waals surface area contributed by atoms with Crippen LogP contribution in [0.15, 0.2) is 60.7 Å². The molecule has 158 valence electrons. The molecule has 0 fully saturated rings. The Morgan fingerprint density at radius 3 is 1.10 bits per heavy atom. The standard InChI is InChI=1S/C20H14F6N2O2/c21-19(22,23)15-10-18(30-14-7-3-12(28)4-8-14)16(20(24,25)26)9-17(15)29-13-5-1-11(27)2-6-13/h1-10H,27-28H2. The Hall–Kier alpha value is -3.56. The maximum absolute atomic E-state index is 13.6. The average Bonchev–Trinajstić information content (AvgIpc) is 2.64. The third kappa shape index (κ3) is 4.88. The van der Waals surface area contributed by atoms with Crippen LogP contribution in [0.4, 0.5) is 37.7 Å². The first-order chi connectivity index (χ1) is 13.9. The zero-order chi connectivity index (χ0) is 22.1. The number of hydrogen-bond donors (Lipinski definition) is 2. The van der Waals surface area contributed by atoms with Gasteiger partial charge in [-0.15, -0.1) is 0 Å². The molecule has 0 saturated heterocycles. The minimum absolute atomic E-state index is 0.116. The van der Waals surface area contributed by atoms with Crippen LogP contribution in [0.25, 0.3) is 0 Å². The summed E-state index contributed by atoms with van der Waals surface area (Å²) in [4.78, 5) is 0. The molecule has 0 bridgehead atoms. The predicted molar refractivity (Wildman–Crippen MR) is 98.3 cm³/mol. The van der Waals surface area contributed by atoms with Gasteiger partial charge in [-0.2, -0.15) is 26.3 Å². The maximum Gasteiger partial charge on any atom is 0.420 e. The van der Waals surface area contributed by atoms with E-state index < -0.39 is 35.0 Å². The van der Waals surface area contributed by atoms with Crippen LogP contribution in [-0.4, -0.2) is 0 Å². The highest BCUT2D eigenvalue weighted by Crippen LogP contribution is 2.47. The van der Waals surface area contributed by atoms with Gasteiger partial charge in [0.05, 0.1) is 0 Å². The first-order valence-corrected chi connectivity index (χ1v) is 8.33. The number of benzene rings is 3. The summed E-state index contributed by atoms with van der Waals surface area (Å²) in [5, 5.41) is 0. The number of alkyl halides is 6. The monoisotopic (exact) mass is 428 g/mol. The molecule has 3 aromatic rings. The van der Waals surface area contributed by atoms with Crippen molar-refractivity contribution in [1.29, 1.82) is 0 Å². The molecular weight excluding hydrogens is 414 g/mol. The number of anilines is 2. The summed E-state index contributed by atoms with van der Waals surface area (Å²) < 4.78 is 91.6. The highest BCUT2D eigenvalue weighted by atomic mass is 19.4. The summed E-state index contributed by atoms with van der Waals surface area (Å²) in [6, 6.07) is 10.8. The lowest BCUT2D eigenvalue weighted by Gasteiger charge is -2.20. The van der Waals surface area contributed by atoms with Crippen molar-refractivity contribution in [3.63, 3.8) is 0 Å².